The van der Waals surface area contributed by atoms with Crippen LogP contribution < -0.4 is 0 Å². The molecular weight excluding hydrogens is 344 g/mol. The van der Waals surface area contributed by atoms with Gasteiger partial charge in [-0.05, 0) is 19.4 Å². The van der Waals surface area contributed by atoms with E-state index in [-0.39, 0.29) is 6.61 Å². The van der Waals surface area contributed by atoms with E-state index in [0.717, 1.165) is 28.7 Å². The molecule has 0 saturated carbocycles. The molecule has 0 fully saturated rings. The van der Waals surface area contributed by atoms with Gasteiger partial charge in [0.25, 0.3) is 0 Å². The zero-order chi connectivity index (χ0) is 15.8. The molecule has 0 bridgehead atoms. The van der Waals surface area contributed by atoms with Crippen molar-refractivity contribution in [1.29, 1.82) is 0 Å². The van der Waals surface area contributed by atoms with Crippen LogP contribution in [-0.4, -0.2) is 33.2 Å². The maximum Gasteiger partial charge on any atom is 0.127 e. The molecule has 6 heteroatoms. The van der Waals surface area contributed by atoms with Crippen molar-refractivity contribution in [3.63, 3.8) is 0 Å². The number of hydrogen-bond donors (Lipinski definition) is 1. The number of aryl methyl sites for hydroxylation is 1. The molecular formula is C17H16N2OS3. The van der Waals surface area contributed by atoms with E-state index in [0.29, 0.717) is 5.75 Å². The van der Waals surface area contributed by atoms with Gasteiger partial charge in [-0.15, -0.1) is 34.9 Å². The zero-order valence-corrected chi connectivity index (χ0v) is 15.2. The second-order valence-corrected chi connectivity index (χ2v) is 8.57. The van der Waals surface area contributed by atoms with E-state index in [1.807, 2.05) is 30.0 Å². The molecule has 0 saturated heterocycles. The highest BCUT2D eigenvalue weighted by atomic mass is 32.2. The fourth-order valence-electron chi connectivity index (χ4n) is 2.82. The van der Waals surface area contributed by atoms with E-state index in [2.05, 4.69) is 29.2 Å². The Morgan fingerprint density at radius 3 is 3.00 bits per heavy atom. The SMILES string of the molecule is Cc1nc(SCCO)c2c(n1)-c1sc3ccccc3c1SCC2. The van der Waals surface area contributed by atoms with Crippen molar-refractivity contribution < 1.29 is 5.11 Å². The molecule has 23 heavy (non-hydrogen) atoms. The molecule has 4 rings (SSSR count). The van der Waals surface area contributed by atoms with Crippen LogP contribution in [0.15, 0.2) is 34.2 Å². The summed E-state index contributed by atoms with van der Waals surface area (Å²) in [5.41, 5.74) is 2.34. The largest absolute Gasteiger partial charge is 0.396 e. The number of rotatable bonds is 3. The summed E-state index contributed by atoms with van der Waals surface area (Å²) < 4.78 is 1.32. The normalized spacial score (nSPS) is 13.7. The number of nitrogens with zero attached hydrogens (tertiary/aromatic N) is 2. The molecule has 0 unspecified atom stereocenters. The first-order valence-electron chi connectivity index (χ1n) is 7.54. The Morgan fingerprint density at radius 1 is 1.26 bits per heavy atom. The van der Waals surface area contributed by atoms with Gasteiger partial charge in [0.05, 0.1) is 17.2 Å². The summed E-state index contributed by atoms with van der Waals surface area (Å²) in [6.45, 7) is 2.12. The highest BCUT2D eigenvalue weighted by molar-refractivity contribution is 8.00. The van der Waals surface area contributed by atoms with Gasteiger partial charge in [0, 0.05) is 32.1 Å². The van der Waals surface area contributed by atoms with E-state index < -0.39 is 0 Å². The minimum absolute atomic E-state index is 0.172. The molecule has 0 radical (unpaired) electrons. The number of thiophene rings is 1. The van der Waals surface area contributed by atoms with Gasteiger partial charge in [-0.3, -0.25) is 0 Å². The number of benzene rings is 1. The summed E-state index contributed by atoms with van der Waals surface area (Å²) in [6.07, 6.45) is 0.976. The van der Waals surface area contributed by atoms with Gasteiger partial charge in [0.1, 0.15) is 10.9 Å². The second kappa shape index (κ2) is 6.43. The summed E-state index contributed by atoms with van der Waals surface area (Å²) in [6, 6.07) is 8.59. The average molecular weight is 361 g/mol. The maximum atomic E-state index is 9.14. The Labute approximate surface area is 147 Å². The lowest BCUT2D eigenvalue weighted by atomic mass is 10.1. The molecule has 1 N–H and O–H groups in total. The first-order valence-corrected chi connectivity index (χ1v) is 10.3. The van der Waals surface area contributed by atoms with Gasteiger partial charge >= 0.3 is 0 Å². The minimum Gasteiger partial charge on any atom is -0.396 e. The molecule has 0 aliphatic carbocycles. The molecule has 2 aromatic heterocycles. The van der Waals surface area contributed by atoms with Crippen LogP contribution in [-0.2, 0) is 6.42 Å². The van der Waals surface area contributed by atoms with Crippen LogP contribution in [0, 0.1) is 6.92 Å². The molecule has 1 aliphatic rings. The van der Waals surface area contributed by atoms with Crippen LogP contribution in [0.1, 0.15) is 11.4 Å². The van der Waals surface area contributed by atoms with Crippen LogP contribution >= 0.6 is 34.9 Å². The quantitative estimate of drug-likeness (QED) is 0.554. The molecule has 3 heterocycles. The number of thioether (sulfide) groups is 2. The lowest BCUT2D eigenvalue weighted by molar-refractivity contribution is 0.322. The second-order valence-electron chi connectivity index (χ2n) is 5.33. The first-order chi connectivity index (χ1) is 11.3. The third-order valence-electron chi connectivity index (χ3n) is 3.77. The van der Waals surface area contributed by atoms with Gasteiger partial charge < -0.3 is 5.11 Å². The van der Waals surface area contributed by atoms with E-state index in [1.54, 1.807) is 11.8 Å². The fraction of sp³-hybridized carbons (Fsp3) is 0.294. The van der Waals surface area contributed by atoms with Crippen molar-refractivity contribution in [2.45, 2.75) is 23.3 Å². The van der Waals surface area contributed by atoms with Crippen molar-refractivity contribution in [3.05, 3.63) is 35.7 Å². The van der Waals surface area contributed by atoms with Crippen LogP contribution in [0.3, 0.4) is 0 Å². The van der Waals surface area contributed by atoms with Crippen molar-refractivity contribution in [3.8, 4) is 10.6 Å². The Balaban J connectivity index is 1.95. The van der Waals surface area contributed by atoms with Crippen LogP contribution in [0.4, 0.5) is 0 Å². The predicted octanol–water partition coefficient (Wildman–Crippen LogP) is 4.40. The number of aliphatic hydroxyl groups excluding tert-OH is 1. The van der Waals surface area contributed by atoms with Gasteiger partial charge in [0.2, 0.25) is 0 Å². The van der Waals surface area contributed by atoms with E-state index in [4.69, 9.17) is 10.1 Å². The summed E-state index contributed by atoms with van der Waals surface area (Å²) >= 11 is 5.39. The molecule has 1 aromatic carbocycles. The van der Waals surface area contributed by atoms with Crippen molar-refractivity contribution >= 4 is 44.9 Å². The summed E-state index contributed by atoms with van der Waals surface area (Å²) in [4.78, 5) is 12.1. The Bertz CT molecular complexity index is 876. The van der Waals surface area contributed by atoms with Gasteiger partial charge in [-0.25, -0.2) is 9.97 Å². The number of aromatic nitrogens is 2. The fourth-order valence-corrected chi connectivity index (χ4v) is 6.23. The van der Waals surface area contributed by atoms with Crippen molar-refractivity contribution in [2.75, 3.05) is 18.1 Å². The number of aliphatic hydroxyl groups is 1. The summed E-state index contributed by atoms with van der Waals surface area (Å²) in [5, 5.41) is 11.5. The van der Waals surface area contributed by atoms with Gasteiger partial charge in [0.15, 0.2) is 0 Å². The van der Waals surface area contributed by atoms with Crippen molar-refractivity contribution in [1.82, 2.24) is 9.97 Å². The summed E-state index contributed by atoms with van der Waals surface area (Å²) in [7, 11) is 0. The third-order valence-corrected chi connectivity index (χ3v) is 7.20. The monoisotopic (exact) mass is 360 g/mol. The first kappa shape index (κ1) is 15.4. The number of hydrogen-bond acceptors (Lipinski definition) is 6. The standard InChI is InChI=1S/C17H16N2OS3/c1-10-18-14-12(17(19-10)22-9-7-20)6-8-21-15-11-4-2-3-5-13(11)23-16(14)15/h2-5,20H,6-9H2,1H3. The maximum absolute atomic E-state index is 9.14. The van der Waals surface area contributed by atoms with Gasteiger partial charge in [-0.2, -0.15) is 0 Å². The Morgan fingerprint density at radius 2 is 2.13 bits per heavy atom. The average Bonchev–Trinajstić information content (AvgIpc) is 2.83. The molecule has 3 nitrogen and oxygen atoms in total. The Hall–Kier alpha value is -1.08. The Kier molecular flexibility index (Phi) is 4.32. The molecule has 0 spiro atoms. The molecule has 0 atom stereocenters. The van der Waals surface area contributed by atoms with Crippen molar-refractivity contribution in [2.24, 2.45) is 0 Å². The predicted molar refractivity (Wildman–Crippen MR) is 99.8 cm³/mol. The minimum atomic E-state index is 0.172. The van der Waals surface area contributed by atoms with E-state index in [1.165, 1.54) is 25.4 Å². The van der Waals surface area contributed by atoms with E-state index >= 15 is 0 Å². The lowest BCUT2D eigenvalue weighted by Crippen LogP contribution is -2.02. The van der Waals surface area contributed by atoms with Gasteiger partial charge in [-0.1, -0.05) is 18.2 Å². The smallest absolute Gasteiger partial charge is 0.127 e. The van der Waals surface area contributed by atoms with Crippen LogP contribution in [0.5, 0.6) is 0 Å². The number of fused-ring (bicyclic) bond motifs is 5. The topological polar surface area (TPSA) is 46.0 Å². The molecule has 3 aromatic rings. The van der Waals surface area contributed by atoms with E-state index in [9.17, 15) is 0 Å². The highest BCUT2D eigenvalue weighted by Crippen LogP contribution is 2.47. The van der Waals surface area contributed by atoms with Crippen LogP contribution in [0.25, 0.3) is 20.7 Å². The third kappa shape index (κ3) is 2.78. The lowest BCUT2D eigenvalue weighted by Gasteiger charge is -2.11. The molecule has 118 valence electrons. The molecule has 1 aliphatic heterocycles. The molecule has 0 amide bonds. The summed E-state index contributed by atoms with van der Waals surface area (Å²) in [5.74, 6) is 2.52. The van der Waals surface area contributed by atoms with Crippen LogP contribution in [0.2, 0.25) is 0 Å². The zero-order valence-electron chi connectivity index (χ0n) is 12.7. The highest BCUT2D eigenvalue weighted by Gasteiger charge is 2.24.